The van der Waals surface area contributed by atoms with Crippen LogP contribution in [0.15, 0.2) is 48.5 Å². The van der Waals surface area contributed by atoms with Crippen molar-refractivity contribution in [2.75, 3.05) is 5.32 Å². The fourth-order valence-corrected chi connectivity index (χ4v) is 2.79. The highest BCUT2D eigenvalue weighted by molar-refractivity contribution is 5.90. The molecule has 3 rings (SSSR count). The van der Waals surface area contributed by atoms with Crippen LogP contribution in [0.4, 0.5) is 10.1 Å². The van der Waals surface area contributed by atoms with E-state index < -0.39 is 0 Å². The number of ether oxygens (including phenoxy) is 1. The van der Waals surface area contributed by atoms with Crippen LogP contribution in [0, 0.1) is 11.7 Å². The van der Waals surface area contributed by atoms with Gasteiger partial charge in [-0.3, -0.25) is 4.79 Å². The van der Waals surface area contributed by atoms with Crippen LogP contribution in [0.5, 0.6) is 6.01 Å². The average Bonchev–Trinajstić information content (AvgIpc) is 3.05. The summed E-state index contributed by atoms with van der Waals surface area (Å²) in [6.07, 6.45) is 0.389. The third kappa shape index (κ3) is 5.40. The van der Waals surface area contributed by atoms with Gasteiger partial charge in [-0.25, -0.2) is 9.07 Å². The zero-order chi connectivity index (χ0) is 21.0. The molecule has 6 nitrogen and oxygen atoms in total. The first kappa shape index (κ1) is 20.5. The van der Waals surface area contributed by atoms with E-state index in [0.717, 1.165) is 5.69 Å². The number of aromatic nitrogens is 3. The molecule has 0 aliphatic rings. The number of halogens is 1. The van der Waals surface area contributed by atoms with Crippen molar-refractivity contribution >= 4 is 11.6 Å². The summed E-state index contributed by atoms with van der Waals surface area (Å²) in [6.45, 7) is 7.79. The molecule has 0 radical (unpaired) electrons. The molecule has 0 bridgehead atoms. The van der Waals surface area contributed by atoms with E-state index in [4.69, 9.17) is 4.74 Å². The number of hydrogen-bond acceptors (Lipinski definition) is 4. The highest BCUT2D eigenvalue weighted by Crippen LogP contribution is 2.25. The summed E-state index contributed by atoms with van der Waals surface area (Å²) >= 11 is 0. The molecule has 0 saturated carbocycles. The van der Waals surface area contributed by atoms with Gasteiger partial charge in [-0.15, -0.1) is 5.10 Å². The number of nitrogens with one attached hydrogen (secondary N) is 1. The molecule has 0 saturated heterocycles. The van der Waals surface area contributed by atoms with Gasteiger partial charge < -0.3 is 10.1 Å². The molecule has 7 heteroatoms. The molecule has 2 aromatic carbocycles. The van der Waals surface area contributed by atoms with Gasteiger partial charge >= 0.3 is 6.01 Å². The molecule has 0 spiro atoms. The van der Waals surface area contributed by atoms with Gasteiger partial charge in [-0.1, -0.05) is 13.8 Å². The zero-order valence-electron chi connectivity index (χ0n) is 17.0. The second-order valence-electron chi connectivity index (χ2n) is 7.50. The summed E-state index contributed by atoms with van der Waals surface area (Å²) in [6, 6.07) is 13.6. The smallest absolute Gasteiger partial charge is 0.336 e. The van der Waals surface area contributed by atoms with Crippen molar-refractivity contribution in [2.45, 2.75) is 40.2 Å². The minimum absolute atomic E-state index is 0.0203. The Kier molecular flexibility index (Phi) is 6.26. The molecule has 1 aromatic heterocycles. The molecule has 1 heterocycles. The Hall–Kier alpha value is -3.22. The van der Waals surface area contributed by atoms with E-state index in [1.165, 1.54) is 12.1 Å². The van der Waals surface area contributed by atoms with E-state index in [1.54, 1.807) is 16.8 Å². The molecule has 0 fully saturated rings. The number of carbonyl (C=O) groups excluding carboxylic acids is 1. The minimum Gasteiger partial charge on any atom is -0.460 e. The number of carbonyl (C=O) groups is 1. The Balaban J connectivity index is 1.91. The van der Waals surface area contributed by atoms with Crippen molar-refractivity contribution in [3.63, 3.8) is 0 Å². The third-order valence-electron chi connectivity index (χ3n) is 4.02. The first-order valence-electron chi connectivity index (χ1n) is 9.61. The van der Waals surface area contributed by atoms with Gasteiger partial charge in [0.15, 0.2) is 5.82 Å². The van der Waals surface area contributed by atoms with E-state index in [0.29, 0.717) is 29.4 Å². The fraction of sp³-hybridized carbons (Fsp3) is 0.318. The van der Waals surface area contributed by atoms with Crippen LogP contribution in [-0.2, 0) is 4.79 Å². The normalized spacial score (nSPS) is 11.1. The van der Waals surface area contributed by atoms with Gasteiger partial charge in [0.2, 0.25) is 5.91 Å². The van der Waals surface area contributed by atoms with Crippen molar-refractivity contribution in [3.05, 3.63) is 54.3 Å². The van der Waals surface area contributed by atoms with Crippen LogP contribution in [0.3, 0.4) is 0 Å². The Morgan fingerprint density at radius 3 is 2.31 bits per heavy atom. The highest BCUT2D eigenvalue weighted by atomic mass is 19.1. The molecule has 152 valence electrons. The average molecular weight is 396 g/mol. The van der Waals surface area contributed by atoms with Crippen LogP contribution < -0.4 is 10.1 Å². The quantitative estimate of drug-likeness (QED) is 0.620. The van der Waals surface area contributed by atoms with E-state index in [9.17, 15) is 9.18 Å². The van der Waals surface area contributed by atoms with E-state index in [1.807, 2.05) is 52.0 Å². The van der Waals surface area contributed by atoms with Gasteiger partial charge in [0.25, 0.3) is 0 Å². The lowest BCUT2D eigenvalue weighted by molar-refractivity contribution is -0.116. The monoisotopic (exact) mass is 396 g/mol. The van der Waals surface area contributed by atoms with Crippen molar-refractivity contribution in [2.24, 2.45) is 5.92 Å². The lowest BCUT2D eigenvalue weighted by atomic mass is 10.1. The van der Waals surface area contributed by atoms with Crippen LogP contribution in [0.2, 0.25) is 0 Å². The highest BCUT2D eigenvalue weighted by Gasteiger charge is 2.16. The largest absolute Gasteiger partial charge is 0.460 e. The molecule has 1 N–H and O–H groups in total. The number of hydrogen-bond donors (Lipinski definition) is 1. The number of rotatable bonds is 7. The Morgan fingerprint density at radius 1 is 1.07 bits per heavy atom. The number of nitrogens with zero attached hydrogens (tertiary/aromatic N) is 3. The van der Waals surface area contributed by atoms with Gasteiger partial charge in [0, 0.05) is 17.7 Å². The van der Waals surface area contributed by atoms with Crippen molar-refractivity contribution in [1.82, 2.24) is 14.8 Å². The third-order valence-corrected chi connectivity index (χ3v) is 4.02. The molecular weight excluding hydrogens is 371 g/mol. The first-order valence-corrected chi connectivity index (χ1v) is 9.61. The van der Waals surface area contributed by atoms with Crippen LogP contribution in [0.25, 0.3) is 17.1 Å². The SMILES string of the molecule is CC(C)CC(=O)Nc1ccc(-n2nc(OC(C)C)nc2-c2ccc(F)cc2)cc1. The van der Waals surface area contributed by atoms with E-state index >= 15 is 0 Å². The fourth-order valence-electron chi connectivity index (χ4n) is 2.79. The second-order valence-corrected chi connectivity index (χ2v) is 7.50. The molecule has 3 aromatic rings. The Morgan fingerprint density at radius 2 is 1.72 bits per heavy atom. The predicted molar refractivity (Wildman–Crippen MR) is 111 cm³/mol. The Labute approximate surface area is 169 Å². The summed E-state index contributed by atoms with van der Waals surface area (Å²) in [5.41, 5.74) is 2.17. The summed E-state index contributed by atoms with van der Waals surface area (Å²) in [4.78, 5) is 16.4. The van der Waals surface area contributed by atoms with Crippen LogP contribution >= 0.6 is 0 Å². The van der Waals surface area contributed by atoms with E-state index in [-0.39, 0.29) is 23.8 Å². The van der Waals surface area contributed by atoms with Crippen molar-refractivity contribution in [3.8, 4) is 23.1 Å². The lowest BCUT2D eigenvalue weighted by Crippen LogP contribution is -2.13. The van der Waals surface area contributed by atoms with Gasteiger partial charge in [0.1, 0.15) is 5.82 Å². The van der Waals surface area contributed by atoms with E-state index in [2.05, 4.69) is 15.4 Å². The van der Waals surface area contributed by atoms with Crippen molar-refractivity contribution < 1.29 is 13.9 Å². The van der Waals surface area contributed by atoms with Gasteiger partial charge in [0.05, 0.1) is 11.8 Å². The number of amides is 1. The van der Waals surface area contributed by atoms with Gasteiger partial charge in [-0.2, -0.15) is 4.98 Å². The van der Waals surface area contributed by atoms with Crippen LogP contribution in [0.1, 0.15) is 34.1 Å². The van der Waals surface area contributed by atoms with Crippen molar-refractivity contribution in [1.29, 1.82) is 0 Å². The first-order chi connectivity index (χ1) is 13.8. The summed E-state index contributed by atoms with van der Waals surface area (Å²) < 4.78 is 20.6. The van der Waals surface area contributed by atoms with Crippen LogP contribution in [-0.4, -0.2) is 26.8 Å². The molecule has 0 aliphatic carbocycles. The summed E-state index contributed by atoms with van der Waals surface area (Å²) in [7, 11) is 0. The molecule has 1 amide bonds. The molecule has 0 aliphatic heterocycles. The number of anilines is 1. The maximum Gasteiger partial charge on any atom is 0.336 e. The zero-order valence-corrected chi connectivity index (χ0v) is 17.0. The molecular formula is C22H25FN4O2. The Bertz CT molecular complexity index is 963. The molecule has 29 heavy (non-hydrogen) atoms. The topological polar surface area (TPSA) is 69.0 Å². The van der Waals surface area contributed by atoms with Gasteiger partial charge in [-0.05, 0) is 68.3 Å². The maximum absolute atomic E-state index is 13.3. The summed E-state index contributed by atoms with van der Waals surface area (Å²) in [5, 5.41) is 7.34. The lowest BCUT2D eigenvalue weighted by Gasteiger charge is -2.09. The summed E-state index contributed by atoms with van der Waals surface area (Å²) in [5.74, 6) is 0.493. The predicted octanol–water partition coefficient (Wildman–Crippen LogP) is 4.85. The maximum atomic E-state index is 13.3. The molecule has 0 atom stereocenters. The second kappa shape index (κ2) is 8.86. The molecule has 0 unspecified atom stereocenters. The minimum atomic E-state index is -0.319. The standard InChI is InChI=1S/C22H25FN4O2/c1-14(2)13-20(28)24-18-9-11-19(12-10-18)27-21(16-5-7-17(23)8-6-16)25-22(26-27)29-15(3)4/h5-12,14-15H,13H2,1-4H3,(H,24,28). The number of benzene rings is 2.